The molecule has 0 aliphatic rings. The van der Waals surface area contributed by atoms with Gasteiger partial charge in [0.2, 0.25) is 5.95 Å². The van der Waals surface area contributed by atoms with Gasteiger partial charge in [0.05, 0.1) is 33.1 Å². The lowest BCUT2D eigenvalue weighted by Crippen LogP contribution is -2.55. The quantitative estimate of drug-likeness (QED) is 0.245. The molecule has 0 aliphatic heterocycles. The van der Waals surface area contributed by atoms with Gasteiger partial charge in [-0.3, -0.25) is 4.57 Å². The standard InChI is InChI=1S/C51H36B5N5O/c52-44-43(45(53)47(55)48(56)46(44)54)50-57-49(58-51(59-50)61-36-17-8-5-13-30(36)31-14-6-9-18-37(31)61)29-22-24-34-41(26-29)62-40-20-10-19-38(42(34)40)60-35-16-7-4-15-32(35)33-23-21-28(25-39(33)60)27-11-2-1-3-12-27/h1-26H,52-56H2. The Hall–Kier alpha value is -7.51. The van der Waals surface area contributed by atoms with Crippen molar-refractivity contribution in [3.63, 3.8) is 0 Å². The molecule has 12 aromatic rings. The van der Waals surface area contributed by atoms with Crippen LogP contribution < -0.4 is 27.3 Å². The van der Waals surface area contributed by atoms with Gasteiger partial charge < -0.3 is 8.98 Å². The highest BCUT2D eigenvalue weighted by atomic mass is 16.3. The number of fused-ring (bicyclic) bond motifs is 9. The van der Waals surface area contributed by atoms with E-state index in [1.54, 1.807) is 0 Å². The molecule has 0 fully saturated rings. The van der Waals surface area contributed by atoms with Crippen molar-refractivity contribution in [3.05, 3.63) is 158 Å². The minimum Gasteiger partial charge on any atom is -0.456 e. The van der Waals surface area contributed by atoms with Crippen LogP contribution in [0.15, 0.2) is 162 Å². The molecular formula is C51H36B5N5O. The van der Waals surface area contributed by atoms with E-state index in [0.29, 0.717) is 17.6 Å². The Morgan fingerprint density at radius 1 is 0.371 bits per heavy atom. The Morgan fingerprint density at radius 3 is 1.60 bits per heavy atom. The predicted molar refractivity (Wildman–Crippen MR) is 273 cm³/mol. The van der Waals surface area contributed by atoms with Crippen LogP contribution in [0.25, 0.3) is 111 Å². The first-order valence-electron chi connectivity index (χ1n) is 21.2. The third-order valence-corrected chi connectivity index (χ3v) is 13.4. The molecule has 62 heavy (non-hydrogen) atoms. The Bertz CT molecular complexity index is 3750. The zero-order valence-electron chi connectivity index (χ0n) is 35.2. The Kier molecular flexibility index (Phi) is 8.07. The highest BCUT2D eigenvalue weighted by molar-refractivity contribution is 6.68. The summed E-state index contributed by atoms with van der Waals surface area (Å²) in [4.78, 5) is 16.0. The third kappa shape index (κ3) is 5.34. The highest BCUT2D eigenvalue weighted by Gasteiger charge is 2.23. The minimum atomic E-state index is 0.574. The first-order valence-corrected chi connectivity index (χ1v) is 21.2. The second-order valence-corrected chi connectivity index (χ2v) is 16.6. The fraction of sp³-hybridized carbons (Fsp3) is 0. The molecule has 0 bridgehead atoms. The van der Waals surface area contributed by atoms with E-state index in [9.17, 15) is 0 Å². The van der Waals surface area contributed by atoms with E-state index in [-0.39, 0.29) is 0 Å². The number of furan rings is 1. The lowest BCUT2D eigenvalue weighted by Gasteiger charge is -2.20. The molecule has 0 spiro atoms. The van der Waals surface area contributed by atoms with Crippen LogP contribution in [0.5, 0.6) is 0 Å². The normalized spacial score (nSPS) is 11.9. The van der Waals surface area contributed by atoms with Crippen LogP contribution >= 0.6 is 0 Å². The zero-order chi connectivity index (χ0) is 41.8. The monoisotopic (exact) mass is 789 g/mol. The van der Waals surface area contributed by atoms with Crippen molar-refractivity contribution in [1.29, 1.82) is 0 Å². The van der Waals surface area contributed by atoms with Crippen LogP contribution in [0.3, 0.4) is 0 Å². The molecule has 11 heteroatoms. The molecule has 12 rings (SSSR count). The molecule has 0 unspecified atom stereocenters. The molecule has 0 atom stereocenters. The van der Waals surface area contributed by atoms with Gasteiger partial charge in [0.15, 0.2) is 11.6 Å². The predicted octanol–water partition coefficient (Wildman–Crippen LogP) is 4.26. The van der Waals surface area contributed by atoms with Crippen LogP contribution in [0.1, 0.15) is 0 Å². The summed E-state index contributed by atoms with van der Waals surface area (Å²) in [5.74, 6) is 1.81. The number of hydrogen-bond donors (Lipinski definition) is 0. The molecular weight excluding hydrogens is 753 g/mol. The van der Waals surface area contributed by atoms with E-state index in [1.165, 1.54) is 49.2 Å². The molecule has 0 amide bonds. The van der Waals surface area contributed by atoms with E-state index in [1.807, 2.05) is 0 Å². The summed E-state index contributed by atoms with van der Waals surface area (Å²) >= 11 is 0. The molecule has 0 saturated heterocycles. The van der Waals surface area contributed by atoms with Crippen molar-refractivity contribution >= 4 is 132 Å². The van der Waals surface area contributed by atoms with Gasteiger partial charge in [-0.25, -0.2) is 4.98 Å². The molecule has 8 aromatic carbocycles. The maximum absolute atomic E-state index is 6.80. The van der Waals surface area contributed by atoms with Gasteiger partial charge in [-0.1, -0.05) is 120 Å². The lowest BCUT2D eigenvalue weighted by atomic mass is 9.60. The van der Waals surface area contributed by atoms with E-state index in [4.69, 9.17) is 19.4 Å². The van der Waals surface area contributed by atoms with Gasteiger partial charge in [-0.05, 0) is 59.7 Å². The van der Waals surface area contributed by atoms with Crippen molar-refractivity contribution in [2.75, 3.05) is 0 Å². The smallest absolute Gasteiger partial charge is 0.238 e. The van der Waals surface area contributed by atoms with E-state index < -0.39 is 0 Å². The molecule has 0 aliphatic carbocycles. The largest absolute Gasteiger partial charge is 0.456 e. The van der Waals surface area contributed by atoms with Crippen molar-refractivity contribution in [2.24, 2.45) is 0 Å². The molecule has 4 heterocycles. The first kappa shape index (κ1) is 36.4. The van der Waals surface area contributed by atoms with Gasteiger partial charge >= 0.3 is 0 Å². The highest BCUT2D eigenvalue weighted by Crippen LogP contribution is 2.41. The number of rotatable bonds is 5. The van der Waals surface area contributed by atoms with Crippen LogP contribution in [-0.4, -0.2) is 63.3 Å². The maximum Gasteiger partial charge on any atom is 0.238 e. The number of aromatic nitrogens is 5. The third-order valence-electron chi connectivity index (χ3n) is 13.4. The average molecular weight is 789 g/mol. The Balaban J connectivity index is 1.09. The van der Waals surface area contributed by atoms with Crippen LogP contribution in [-0.2, 0) is 0 Å². The van der Waals surface area contributed by atoms with Gasteiger partial charge in [-0.2, -0.15) is 9.97 Å². The topological polar surface area (TPSA) is 61.7 Å². The number of hydrogen-bond acceptors (Lipinski definition) is 4. The summed E-state index contributed by atoms with van der Waals surface area (Å²) in [7, 11) is 11.0. The molecule has 4 aromatic heterocycles. The van der Waals surface area contributed by atoms with Crippen LogP contribution in [0.2, 0.25) is 0 Å². The van der Waals surface area contributed by atoms with E-state index in [0.717, 1.165) is 71.6 Å². The Morgan fingerprint density at radius 2 is 0.919 bits per heavy atom. The molecule has 286 valence electrons. The molecule has 0 saturated carbocycles. The van der Waals surface area contributed by atoms with Gasteiger partial charge in [-0.15, -0.1) is 16.4 Å². The second-order valence-electron chi connectivity index (χ2n) is 16.6. The summed E-state index contributed by atoms with van der Waals surface area (Å²) in [5, 5.41) is 6.81. The van der Waals surface area contributed by atoms with Crippen molar-refractivity contribution < 1.29 is 4.42 Å². The summed E-state index contributed by atoms with van der Waals surface area (Å²) in [6, 6.07) is 55.8. The fourth-order valence-corrected chi connectivity index (χ4v) is 9.85. The molecule has 0 N–H and O–H groups in total. The van der Waals surface area contributed by atoms with Crippen molar-refractivity contribution in [3.8, 4) is 45.5 Å². The summed E-state index contributed by atoms with van der Waals surface area (Å²) in [5.41, 5.74) is 17.5. The fourth-order valence-electron chi connectivity index (χ4n) is 9.85. The summed E-state index contributed by atoms with van der Waals surface area (Å²) < 4.78 is 11.4. The number of nitrogens with zero attached hydrogens (tertiary/aromatic N) is 5. The zero-order valence-corrected chi connectivity index (χ0v) is 35.2. The second kappa shape index (κ2) is 13.8. The summed E-state index contributed by atoms with van der Waals surface area (Å²) in [6.07, 6.45) is 0. The van der Waals surface area contributed by atoms with Crippen molar-refractivity contribution in [2.45, 2.75) is 0 Å². The average Bonchev–Trinajstić information content (AvgIpc) is 3.98. The van der Waals surface area contributed by atoms with Gasteiger partial charge in [0, 0.05) is 38.1 Å². The van der Waals surface area contributed by atoms with Crippen molar-refractivity contribution in [1.82, 2.24) is 24.1 Å². The summed E-state index contributed by atoms with van der Waals surface area (Å²) in [6.45, 7) is 0. The van der Waals surface area contributed by atoms with Crippen LogP contribution in [0.4, 0.5) is 0 Å². The number of para-hydroxylation sites is 3. The van der Waals surface area contributed by atoms with E-state index >= 15 is 0 Å². The maximum atomic E-state index is 6.80. The van der Waals surface area contributed by atoms with E-state index in [2.05, 4.69) is 206 Å². The minimum absolute atomic E-state index is 0.574. The Labute approximate surface area is 362 Å². The SMILES string of the molecule is Bc1c(B)c(B)c(-c2nc(-c3ccc4c(c3)oc3cccc(-n5c6ccccc6c6ccc(-c7ccccc7)cc65)c34)nc(-n3c4ccccc4c4ccccc43)n2)c(B)c1B. The lowest BCUT2D eigenvalue weighted by molar-refractivity contribution is 0.669. The number of benzene rings is 8. The first-order chi connectivity index (χ1) is 30.3. The van der Waals surface area contributed by atoms with Gasteiger partial charge in [0.25, 0.3) is 0 Å². The van der Waals surface area contributed by atoms with Crippen LogP contribution in [0, 0.1) is 0 Å². The molecule has 6 nitrogen and oxygen atoms in total. The van der Waals surface area contributed by atoms with Gasteiger partial charge in [0.1, 0.15) is 50.4 Å². The molecule has 0 radical (unpaired) electrons.